The summed E-state index contributed by atoms with van der Waals surface area (Å²) in [7, 11) is 0. The third-order valence-corrected chi connectivity index (χ3v) is 4.48. The Morgan fingerprint density at radius 1 is 1.44 bits per heavy atom. The molecule has 1 saturated heterocycles. The molecule has 0 saturated carbocycles. The van der Waals surface area contributed by atoms with E-state index in [4.69, 9.17) is 5.73 Å². The molecule has 0 radical (unpaired) electrons. The van der Waals surface area contributed by atoms with Gasteiger partial charge in [0.2, 0.25) is 5.91 Å². The minimum atomic E-state index is 0.272. The lowest BCUT2D eigenvalue weighted by Crippen LogP contribution is -2.29. The van der Waals surface area contributed by atoms with Gasteiger partial charge in [0.1, 0.15) is 0 Å². The van der Waals surface area contributed by atoms with Gasteiger partial charge in [0, 0.05) is 24.0 Å². The number of thioether (sulfide) groups is 1. The van der Waals surface area contributed by atoms with Gasteiger partial charge in [-0.05, 0) is 37.5 Å². The van der Waals surface area contributed by atoms with Crippen LogP contribution in [0.1, 0.15) is 30.6 Å². The van der Waals surface area contributed by atoms with Crippen LogP contribution in [-0.4, -0.2) is 29.6 Å². The largest absolute Gasteiger partial charge is 0.399 e. The van der Waals surface area contributed by atoms with E-state index in [1.54, 1.807) is 11.8 Å². The molecule has 4 heteroatoms. The van der Waals surface area contributed by atoms with Crippen molar-refractivity contribution in [1.82, 2.24) is 4.90 Å². The minimum absolute atomic E-state index is 0.272. The molecule has 1 amide bonds. The molecule has 18 heavy (non-hydrogen) atoms. The summed E-state index contributed by atoms with van der Waals surface area (Å²) in [5.41, 5.74) is 7.74. The van der Waals surface area contributed by atoms with Crippen molar-refractivity contribution in [1.29, 1.82) is 0 Å². The molecule has 1 atom stereocenters. The van der Waals surface area contributed by atoms with E-state index in [1.807, 2.05) is 23.1 Å². The predicted molar refractivity (Wildman–Crippen MR) is 77.5 cm³/mol. The number of anilines is 1. The fraction of sp³-hybridized carbons (Fsp3) is 0.500. The van der Waals surface area contributed by atoms with Crippen LogP contribution in [0.3, 0.4) is 0 Å². The Bertz CT molecular complexity index is 416. The zero-order valence-corrected chi connectivity index (χ0v) is 11.6. The van der Waals surface area contributed by atoms with E-state index in [2.05, 4.69) is 13.0 Å². The van der Waals surface area contributed by atoms with E-state index >= 15 is 0 Å². The van der Waals surface area contributed by atoms with Crippen molar-refractivity contribution in [2.45, 2.75) is 25.0 Å². The highest BCUT2D eigenvalue weighted by atomic mass is 32.2. The lowest BCUT2D eigenvalue weighted by molar-refractivity contribution is -0.127. The highest BCUT2D eigenvalue weighted by Crippen LogP contribution is 2.29. The van der Waals surface area contributed by atoms with Crippen molar-refractivity contribution in [3.05, 3.63) is 29.8 Å². The summed E-state index contributed by atoms with van der Waals surface area (Å²) in [6.07, 6.45) is 2.31. The van der Waals surface area contributed by atoms with Crippen LogP contribution >= 0.6 is 11.8 Å². The highest BCUT2D eigenvalue weighted by molar-refractivity contribution is 8.00. The Labute approximate surface area is 113 Å². The van der Waals surface area contributed by atoms with Crippen molar-refractivity contribution in [2.75, 3.05) is 24.6 Å². The number of nitrogens with two attached hydrogens (primary N) is 1. The first-order valence-corrected chi connectivity index (χ1v) is 7.46. The first-order chi connectivity index (χ1) is 8.66. The standard InChI is InChI=1S/C14H20N2OS/c1-11(12-5-4-6-13(15)9-12)18-10-14(17)16-7-2-3-8-16/h4-6,9,11H,2-3,7-8,10,15H2,1H3. The summed E-state index contributed by atoms with van der Waals surface area (Å²) < 4.78 is 0. The maximum atomic E-state index is 11.9. The SMILES string of the molecule is CC(SCC(=O)N1CCCC1)c1cccc(N)c1. The number of benzene rings is 1. The van der Waals surface area contributed by atoms with E-state index in [9.17, 15) is 4.79 Å². The fourth-order valence-electron chi connectivity index (χ4n) is 2.16. The first kappa shape index (κ1) is 13.3. The summed E-state index contributed by atoms with van der Waals surface area (Å²) in [4.78, 5) is 13.9. The van der Waals surface area contributed by atoms with Crippen molar-refractivity contribution >= 4 is 23.4 Å². The van der Waals surface area contributed by atoms with Gasteiger partial charge in [0.15, 0.2) is 0 Å². The van der Waals surface area contributed by atoms with E-state index in [0.717, 1.165) is 31.6 Å². The topological polar surface area (TPSA) is 46.3 Å². The van der Waals surface area contributed by atoms with E-state index in [1.165, 1.54) is 5.56 Å². The Balaban J connectivity index is 1.84. The molecular formula is C14H20N2OS. The Morgan fingerprint density at radius 2 is 2.17 bits per heavy atom. The molecule has 3 nitrogen and oxygen atoms in total. The number of carbonyl (C=O) groups excluding carboxylic acids is 1. The van der Waals surface area contributed by atoms with Crippen molar-refractivity contribution in [2.24, 2.45) is 0 Å². The zero-order valence-electron chi connectivity index (χ0n) is 10.8. The quantitative estimate of drug-likeness (QED) is 0.850. The molecule has 0 aromatic heterocycles. The maximum absolute atomic E-state index is 11.9. The fourth-order valence-corrected chi connectivity index (χ4v) is 3.08. The second-order valence-electron chi connectivity index (χ2n) is 4.71. The van der Waals surface area contributed by atoms with E-state index in [0.29, 0.717) is 11.0 Å². The van der Waals surface area contributed by atoms with Gasteiger partial charge in [-0.2, -0.15) is 0 Å². The number of hydrogen-bond acceptors (Lipinski definition) is 3. The van der Waals surface area contributed by atoms with E-state index in [-0.39, 0.29) is 5.91 Å². The van der Waals surface area contributed by atoms with Crippen molar-refractivity contribution in [3.8, 4) is 0 Å². The van der Waals surface area contributed by atoms with Crippen LogP contribution in [0.2, 0.25) is 0 Å². The second kappa shape index (κ2) is 6.14. The third-order valence-electron chi connectivity index (χ3n) is 3.30. The number of hydrogen-bond donors (Lipinski definition) is 1. The molecule has 1 fully saturated rings. The van der Waals surface area contributed by atoms with E-state index < -0.39 is 0 Å². The molecule has 2 rings (SSSR count). The number of carbonyl (C=O) groups is 1. The van der Waals surface area contributed by atoms with Gasteiger partial charge in [0.05, 0.1) is 5.75 Å². The lowest BCUT2D eigenvalue weighted by atomic mass is 10.1. The van der Waals surface area contributed by atoms with Crippen LogP contribution in [0.5, 0.6) is 0 Å². The second-order valence-corrected chi connectivity index (χ2v) is 6.04. The molecule has 1 heterocycles. The molecule has 2 N–H and O–H groups in total. The average Bonchev–Trinajstić information content (AvgIpc) is 2.89. The first-order valence-electron chi connectivity index (χ1n) is 6.41. The summed E-state index contributed by atoms with van der Waals surface area (Å²) in [6, 6.07) is 7.90. The molecule has 0 bridgehead atoms. The molecule has 1 aromatic carbocycles. The molecule has 1 aliphatic rings. The molecule has 98 valence electrons. The molecule has 1 aliphatic heterocycles. The Kier molecular flexibility index (Phi) is 4.53. The van der Waals surface area contributed by atoms with Crippen molar-refractivity contribution in [3.63, 3.8) is 0 Å². The summed E-state index contributed by atoms with van der Waals surface area (Å²) in [6.45, 7) is 3.99. The average molecular weight is 264 g/mol. The van der Waals surface area contributed by atoms with Gasteiger partial charge in [-0.1, -0.05) is 12.1 Å². The van der Waals surface area contributed by atoms with Crippen LogP contribution in [-0.2, 0) is 4.79 Å². The van der Waals surface area contributed by atoms with Crippen LogP contribution in [0.25, 0.3) is 0 Å². The number of amides is 1. The minimum Gasteiger partial charge on any atom is -0.399 e. The molecular weight excluding hydrogens is 244 g/mol. The number of likely N-dealkylation sites (tertiary alicyclic amines) is 1. The summed E-state index contributed by atoms with van der Waals surface area (Å²) >= 11 is 1.69. The Morgan fingerprint density at radius 3 is 2.83 bits per heavy atom. The number of nitrogens with zero attached hydrogens (tertiary/aromatic N) is 1. The summed E-state index contributed by atoms with van der Waals surface area (Å²) in [5, 5.41) is 0.306. The number of nitrogen functional groups attached to an aromatic ring is 1. The lowest BCUT2D eigenvalue weighted by Gasteiger charge is -2.17. The van der Waals surface area contributed by atoms with Gasteiger partial charge in [-0.15, -0.1) is 11.8 Å². The zero-order chi connectivity index (χ0) is 13.0. The number of rotatable bonds is 4. The van der Waals surface area contributed by atoms with Gasteiger partial charge in [0.25, 0.3) is 0 Å². The molecule has 1 aromatic rings. The van der Waals surface area contributed by atoms with Crippen LogP contribution in [0.4, 0.5) is 5.69 Å². The van der Waals surface area contributed by atoms with Crippen LogP contribution in [0, 0.1) is 0 Å². The van der Waals surface area contributed by atoms with Crippen molar-refractivity contribution < 1.29 is 4.79 Å². The third kappa shape index (κ3) is 3.42. The van der Waals surface area contributed by atoms with Crippen LogP contribution < -0.4 is 5.73 Å². The molecule has 1 unspecified atom stereocenters. The maximum Gasteiger partial charge on any atom is 0.232 e. The molecule has 0 aliphatic carbocycles. The monoisotopic (exact) mass is 264 g/mol. The Hall–Kier alpha value is -1.16. The van der Waals surface area contributed by atoms with Gasteiger partial charge in [-0.25, -0.2) is 0 Å². The van der Waals surface area contributed by atoms with Gasteiger partial charge in [-0.3, -0.25) is 4.79 Å². The normalized spacial score (nSPS) is 16.8. The van der Waals surface area contributed by atoms with Crippen LogP contribution in [0.15, 0.2) is 24.3 Å². The van der Waals surface area contributed by atoms with Gasteiger partial charge < -0.3 is 10.6 Å². The smallest absolute Gasteiger partial charge is 0.232 e. The molecule has 0 spiro atoms. The predicted octanol–water partition coefficient (Wildman–Crippen LogP) is 2.69. The highest BCUT2D eigenvalue weighted by Gasteiger charge is 2.18. The summed E-state index contributed by atoms with van der Waals surface area (Å²) in [5.74, 6) is 0.837. The van der Waals surface area contributed by atoms with Gasteiger partial charge >= 0.3 is 0 Å².